The lowest BCUT2D eigenvalue weighted by Crippen LogP contribution is -2.27. The van der Waals surface area contributed by atoms with Gasteiger partial charge in [0.1, 0.15) is 5.25 Å². The predicted molar refractivity (Wildman–Crippen MR) is 65.2 cm³/mol. The SMILES string of the molecule is CCCCOC(=O)C(C)S(=O)CCCC(=O)O. The first kappa shape index (κ1) is 16.1. The molecule has 6 heteroatoms. The third kappa shape index (κ3) is 7.90. The van der Waals surface area contributed by atoms with Gasteiger partial charge in [0.2, 0.25) is 0 Å². The number of unbranched alkanes of at least 4 members (excludes halogenated alkanes) is 1. The van der Waals surface area contributed by atoms with Crippen molar-refractivity contribution in [1.29, 1.82) is 0 Å². The number of rotatable bonds is 9. The highest BCUT2D eigenvalue weighted by atomic mass is 32.2. The second-order valence-electron chi connectivity index (χ2n) is 3.75. The Kier molecular flexibility index (Phi) is 8.66. The van der Waals surface area contributed by atoms with Gasteiger partial charge in [0, 0.05) is 23.0 Å². The quantitative estimate of drug-likeness (QED) is 0.502. The summed E-state index contributed by atoms with van der Waals surface area (Å²) in [6.45, 7) is 3.89. The zero-order chi connectivity index (χ0) is 13.3. The summed E-state index contributed by atoms with van der Waals surface area (Å²) in [7, 11) is -1.35. The molecule has 0 aliphatic carbocycles. The van der Waals surface area contributed by atoms with E-state index in [1.54, 1.807) is 6.92 Å². The molecule has 17 heavy (non-hydrogen) atoms. The molecular formula is C11H20O5S. The van der Waals surface area contributed by atoms with E-state index < -0.39 is 28.0 Å². The lowest BCUT2D eigenvalue weighted by molar-refractivity contribution is -0.142. The summed E-state index contributed by atoms with van der Waals surface area (Å²) in [6.07, 6.45) is 2.02. The van der Waals surface area contributed by atoms with E-state index in [-0.39, 0.29) is 12.2 Å². The molecule has 2 atom stereocenters. The van der Waals surface area contributed by atoms with Crippen molar-refractivity contribution in [3.05, 3.63) is 0 Å². The van der Waals surface area contributed by atoms with E-state index in [1.165, 1.54) is 0 Å². The van der Waals surface area contributed by atoms with Gasteiger partial charge in [0.15, 0.2) is 0 Å². The number of carbonyl (C=O) groups is 2. The van der Waals surface area contributed by atoms with Gasteiger partial charge in [-0.2, -0.15) is 0 Å². The first-order chi connectivity index (χ1) is 7.99. The average molecular weight is 264 g/mol. The van der Waals surface area contributed by atoms with E-state index in [1.807, 2.05) is 6.92 Å². The molecule has 0 heterocycles. The van der Waals surface area contributed by atoms with Crippen molar-refractivity contribution in [1.82, 2.24) is 0 Å². The molecular weight excluding hydrogens is 244 g/mol. The van der Waals surface area contributed by atoms with Crippen molar-refractivity contribution in [2.24, 2.45) is 0 Å². The molecule has 1 N–H and O–H groups in total. The topological polar surface area (TPSA) is 80.7 Å². The highest BCUT2D eigenvalue weighted by molar-refractivity contribution is 7.86. The number of aliphatic carboxylic acids is 1. The lowest BCUT2D eigenvalue weighted by Gasteiger charge is -2.10. The Bertz CT molecular complexity index is 277. The first-order valence-electron chi connectivity index (χ1n) is 5.74. The Morgan fingerprint density at radius 1 is 1.35 bits per heavy atom. The Morgan fingerprint density at radius 3 is 2.53 bits per heavy atom. The Labute approximate surface area is 104 Å². The van der Waals surface area contributed by atoms with Crippen molar-refractivity contribution in [2.45, 2.75) is 44.8 Å². The van der Waals surface area contributed by atoms with Crippen LogP contribution in [0.15, 0.2) is 0 Å². The van der Waals surface area contributed by atoms with Crippen LogP contribution in [0.25, 0.3) is 0 Å². The van der Waals surface area contributed by atoms with E-state index in [9.17, 15) is 13.8 Å². The smallest absolute Gasteiger partial charge is 0.321 e. The maximum atomic E-state index is 11.6. The van der Waals surface area contributed by atoms with Gasteiger partial charge >= 0.3 is 11.9 Å². The molecule has 5 nitrogen and oxygen atoms in total. The maximum Gasteiger partial charge on any atom is 0.321 e. The first-order valence-corrected chi connectivity index (χ1v) is 7.12. The zero-order valence-corrected chi connectivity index (χ0v) is 11.1. The van der Waals surface area contributed by atoms with Gasteiger partial charge in [-0.3, -0.25) is 13.8 Å². The molecule has 0 aliphatic heterocycles. The van der Waals surface area contributed by atoms with Crippen LogP contribution in [0.5, 0.6) is 0 Å². The maximum absolute atomic E-state index is 11.6. The van der Waals surface area contributed by atoms with Crippen molar-refractivity contribution >= 4 is 22.7 Å². The minimum absolute atomic E-state index is 0.0245. The van der Waals surface area contributed by atoms with E-state index in [4.69, 9.17) is 9.84 Å². The largest absolute Gasteiger partial charge is 0.481 e. The number of esters is 1. The van der Waals surface area contributed by atoms with E-state index in [2.05, 4.69) is 0 Å². The normalized spacial score (nSPS) is 14.0. The average Bonchev–Trinajstić information content (AvgIpc) is 2.27. The Hall–Kier alpha value is -0.910. The molecule has 0 fully saturated rings. The van der Waals surface area contributed by atoms with Crippen LogP contribution < -0.4 is 0 Å². The summed E-state index contributed by atoms with van der Waals surface area (Å²) in [4.78, 5) is 21.7. The molecule has 0 radical (unpaired) electrons. The molecule has 0 aromatic carbocycles. The fourth-order valence-corrected chi connectivity index (χ4v) is 2.15. The minimum Gasteiger partial charge on any atom is -0.481 e. The number of hydrogen-bond acceptors (Lipinski definition) is 4. The van der Waals surface area contributed by atoms with Crippen molar-refractivity contribution in [2.75, 3.05) is 12.4 Å². The molecule has 0 aliphatic rings. The second-order valence-corrected chi connectivity index (χ2v) is 5.62. The molecule has 0 rings (SSSR count). The van der Waals surface area contributed by atoms with Gasteiger partial charge in [-0.1, -0.05) is 13.3 Å². The Morgan fingerprint density at radius 2 is 2.00 bits per heavy atom. The summed E-state index contributed by atoms with van der Waals surface area (Å²) in [6, 6.07) is 0. The third-order valence-corrected chi connectivity index (χ3v) is 3.88. The highest BCUT2D eigenvalue weighted by Gasteiger charge is 2.21. The van der Waals surface area contributed by atoms with E-state index in [0.717, 1.165) is 12.8 Å². The molecule has 0 saturated heterocycles. The van der Waals surface area contributed by atoms with Crippen molar-refractivity contribution in [3.63, 3.8) is 0 Å². The van der Waals surface area contributed by atoms with Crippen LogP contribution >= 0.6 is 0 Å². The van der Waals surface area contributed by atoms with Crippen LogP contribution in [-0.4, -0.2) is 38.9 Å². The van der Waals surface area contributed by atoms with Gasteiger partial charge in [0.25, 0.3) is 0 Å². The zero-order valence-electron chi connectivity index (χ0n) is 10.3. The van der Waals surface area contributed by atoms with Gasteiger partial charge in [-0.25, -0.2) is 0 Å². The summed E-state index contributed by atoms with van der Waals surface area (Å²) < 4.78 is 16.6. The molecule has 2 unspecified atom stereocenters. The number of carboxylic acid groups (broad SMARTS) is 1. The Balaban J connectivity index is 3.86. The monoisotopic (exact) mass is 264 g/mol. The standard InChI is InChI=1S/C11H20O5S/c1-3-4-7-16-11(14)9(2)17(15)8-5-6-10(12)13/h9H,3-8H2,1-2H3,(H,12,13). The fourth-order valence-electron chi connectivity index (χ4n) is 1.08. The summed E-state index contributed by atoms with van der Waals surface area (Å²) >= 11 is 0. The predicted octanol–water partition coefficient (Wildman–Crippen LogP) is 1.33. The van der Waals surface area contributed by atoms with Crippen LogP contribution in [0.2, 0.25) is 0 Å². The third-order valence-electron chi connectivity index (χ3n) is 2.20. The van der Waals surface area contributed by atoms with Crippen LogP contribution in [0, 0.1) is 0 Å². The number of carboxylic acids is 1. The minimum atomic E-state index is -1.35. The number of carbonyl (C=O) groups excluding carboxylic acids is 1. The fraction of sp³-hybridized carbons (Fsp3) is 0.818. The summed E-state index contributed by atoms with van der Waals surface area (Å²) in [5.74, 6) is -1.16. The van der Waals surface area contributed by atoms with Crippen LogP contribution in [-0.2, 0) is 25.1 Å². The molecule has 0 spiro atoms. The van der Waals surface area contributed by atoms with Gasteiger partial charge < -0.3 is 9.84 Å². The van der Waals surface area contributed by atoms with Crippen LogP contribution in [0.4, 0.5) is 0 Å². The van der Waals surface area contributed by atoms with Crippen LogP contribution in [0.3, 0.4) is 0 Å². The van der Waals surface area contributed by atoms with E-state index >= 15 is 0 Å². The van der Waals surface area contributed by atoms with Crippen LogP contribution in [0.1, 0.15) is 39.5 Å². The number of hydrogen-bond donors (Lipinski definition) is 1. The molecule has 0 amide bonds. The highest BCUT2D eigenvalue weighted by Crippen LogP contribution is 2.03. The van der Waals surface area contributed by atoms with Gasteiger partial charge in [0.05, 0.1) is 6.61 Å². The van der Waals surface area contributed by atoms with Crippen molar-refractivity contribution < 1.29 is 23.6 Å². The molecule has 0 bridgehead atoms. The molecule has 0 saturated carbocycles. The summed E-state index contributed by atoms with van der Waals surface area (Å²) in [5.41, 5.74) is 0. The van der Waals surface area contributed by atoms with Gasteiger partial charge in [-0.15, -0.1) is 0 Å². The summed E-state index contributed by atoms with van der Waals surface area (Å²) in [5, 5.41) is 7.75. The van der Waals surface area contributed by atoms with Crippen molar-refractivity contribution in [3.8, 4) is 0 Å². The molecule has 100 valence electrons. The lowest BCUT2D eigenvalue weighted by atomic mass is 10.3. The number of ether oxygens (including phenoxy) is 1. The molecule has 0 aromatic rings. The van der Waals surface area contributed by atoms with Gasteiger partial charge in [-0.05, 0) is 19.8 Å². The second kappa shape index (κ2) is 9.15. The molecule has 0 aromatic heterocycles. The van der Waals surface area contributed by atoms with E-state index in [0.29, 0.717) is 13.0 Å².